The summed E-state index contributed by atoms with van der Waals surface area (Å²) >= 11 is 0. The molecule has 1 aliphatic carbocycles. The molecule has 0 aliphatic heterocycles. The Hall–Kier alpha value is -0.0800. The Morgan fingerprint density at radius 3 is 2.31 bits per heavy atom. The SMILES string of the molecule is CCCC(CCC)N(C)C1CCCC1CN. The fraction of sp³-hybridized carbons (Fsp3) is 1.00. The van der Waals surface area contributed by atoms with E-state index >= 15 is 0 Å². The van der Waals surface area contributed by atoms with Crippen molar-refractivity contribution in [2.45, 2.75) is 70.9 Å². The minimum absolute atomic E-state index is 0.751. The van der Waals surface area contributed by atoms with Crippen LogP contribution in [-0.2, 0) is 0 Å². The van der Waals surface area contributed by atoms with Crippen LogP contribution in [0.25, 0.3) is 0 Å². The van der Waals surface area contributed by atoms with Crippen molar-refractivity contribution in [1.82, 2.24) is 4.90 Å². The van der Waals surface area contributed by atoms with E-state index in [1.807, 2.05) is 0 Å². The molecule has 0 saturated heterocycles. The van der Waals surface area contributed by atoms with Crippen molar-refractivity contribution in [1.29, 1.82) is 0 Å². The van der Waals surface area contributed by atoms with E-state index in [1.165, 1.54) is 44.9 Å². The Morgan fingerprint density at radius 2 is 1.81 bits per heavy atom. The number of rotatable bonds is 7. The first-order valence-electron chi connectivity index (χ1n) is 7.16. The highest BCUT2D eigenvalue weighted by molar-refractivity contribution is 4.87. The van der Waals surface area contributed by atoms with Gasteiger partial charge in [-0.15, -0.1) is 0 Å². The molecule has 2 unspecified atom stereocenters. The van der Waals surface area contributed by atoms with Gasteiger partial charge in [0.1, 0.15) is 0 Å². The van der Waals surface area contributed by atoms with E-state index < -0.39 is 0 Å². The van der Waals surface area contributed by atoms with Crippen molar-refractivity contribution >= 4 is 0 Å². The Labute approximate surface area is 102 Å². The topological polar surface area (TPSA) is 29.3 Å². The molecule has 0 aromatic heterocycles. The van der Waals surface area contributed by atoms with Gasteiger partial charge in [-0.1, -0.05) is 33.1 Å². The molecule has 1 rings (SSSR count). The molecule has 0 bridgehead atoms. The van der Waals surface area contributed by atoms with E-state index in [4.69, 9.17) is 5.73 Å². The van der Waals surface area contributed by atoms with Crippen molar-refractivity contribution in [2.24, 2.45) is 11.7 Å². The minimum atomic E-state index is 0.751. The first-order chi connectivity index (χ1) is 7.74. The summed E-state index contributed by atoms with van der Waals surface area (Å²) in [5.74, 6) is 0.751. The summed E-state index contributed by atoms with van der Waals surface area (Å²) < 4.78 is 0. The summed E-state index contributed by atoms with van der Waals surface area (Å²) in [5, 5.41) is 0. The van der Waals surface area contributed by atoms with E-state index in [9.17, 15) is 0 Å². The van der Waals surface area contributed by atoms with Crippen LogP contribution in [0.1, 0.15) is 58.8 Å². The van der Waals surface area contributed by atoms with E-state index in [2.05, 4.69) is 25.8 Å². The average molecular weight is 226 g/mol. The summed E-state index contributed by atoms with van der Waals surface area (Å²) in [4.78, 5) is 2.65. The van der Waals surface area contributed by atoms with Gasteiger partial charge in [0.25, 0.3) is 0 Å². The molecule has 1 fully saturated rings. The van der Waals surface area contributed by atoms with E-state index in [1.54, 1.807) is 0 Å². The maximum Gasteiger partial charge on any atom is 0.0135 e. The Bertz CT molecular complexity index is 176. The van der Waals surface area contributed by atoms with Crippen LogP contribution in [0.15, 0.2) is 0 Å². The first-order valence-corrected chi connectivity index (χ1v) is 7.16. The third-order valence-electron chi connectivity index (χ3n) is 4.26. The van der Waals surface area contributed by atoms with Gasteiger partial charge in [-0.25, -0.2) is 0 Å². The molecule has 0 aromatic rings. The van der Waals surface area contributed by atoms with Crippen LogP contribution in [0.4, 0.5) is 0 Å². The predicted molar refractivity (Wildman–Crippen MR) is 71.6 cm³/mol. The quantitative estimate of drug-likeness (QED) is 0.723. The highest BCUT2D eigenvalue weighted by atomic mass is 15.2. The third-order valence-corrected chi connectivity index (χ3v) is 4.26. The largest absolute Gasteiger partial charge is 0.330 e. The van der Waals surface area contributed by atoms with Gasteiger partial charge >= 0.3 is 0 Å². The molecule has 2 atom stereocenters. The molecule has 1 saturated carbocycles. The van der Waals surface area contributed by atoms with Crippen LogP contribution in [0, 0.1) is 5.92 Å². The van der Waals surface area contributed by atoms with Gasteiger partial charge in [0, 0.05) is 12.1 Å². The number of hydrogen-bond acceptors (Lipinski definition) is 2. The van der Waals surface area contributed by atoms with E-state index in [0.717, 1.165) is 24.5 Å². The van der Waals surface area contributed by atoms with Crippen molar-refractivity contribution in [2.75, 3.05) is 13.6 Å². The van der Waals surface area contributed by atoms with Crippen LogP contribution in [0.2, 0.25) is 0 Å². The van der Waals surface area contributed by atoms with Crippen LogP contribution in [-0.4, -0.2) is 30.6 Å². The molecule has 2 heteroatoms. The lowest BCUT2D eigenvalue weighted by Gasteiger charge is -2.36. The van der Waals surface area contributed by atoms with Gasteiger partial charge in [-0.05, 0) is 45.2 Å². The smallest absolute Gasteiger partial charge is 0.0135 e. The van der Waals surface area contributed by atoms with Crippen molar-refractivity contribution in [3.8, 4) is 0 Å². The number of hydrogen-bond donors (Lipinski definition) is 1. The van der Waals surface area contributed by atoms with Crippen molar-refractivity contribution in [3.63, 3.8) is 0 Å². The second-order valence-electron chi connectivity index (χ2n) is 5.39. The minimum Gasteiger partial charge on any atom is -0.330 e. The normalized spacial score (nSPS) is 25.9. The second kappa shape index (κ2) is 7.29. The van der Waals surface area contributed by atoms with Crippen molar-refractivity contribution in [3.05, 3.63) is 0 Å². The zero-order valence-corrected chi connectivity index (χ0v) is 11.4. The molecule has 0 heterocycles. The zero-order chi connectivity index (χ0) is 12.0. The Kier molecular flexibility index (Phi) is 6.37. The van der Waals surface area contributed by atoms with Crippen LogP contribution >= 0.6 is 0 Å². The number of nitrogens with two attached hydrogens (primary N) is 1. The van der Waals surface area contributed by atoms with Gasteiger partial charge in [0.15, 0.2) is 0 Å². The molecule has 0 amide bonds. The van der Waals surface area contributed by atoms with E-state index in [-0.39, 0.29) is 0 Å². The fourth-order valence-electron chi connectivity index (χ4n) is 3.32. The summed E-state index contributed by atoms with van der Waals surface area (Å²) in [5.41, 5.74) is 5.88. The van der Waals surface area contributed by atoms with Gasteiger partial charge in [0.2, 0.25) is 0 Å². The predicted octanol–water partition coefficient (Wildman–Crippen LogP) is 3.01. The monoisotopic (exact) mass is 226 g/mol. The van der Waals surface area contributed by atoms with Gasteiger partial charge < -0.3 is 10.6 Å². The van der Waals surface area contributed by atoms with Gasteiger partial charge in [0.05, 0.1) is 0 Å². The van der Waals surface area contributed by atoms with Crippen molar-refractivity contribution < 1.29 is 0 Å². The molecule has 16 heavy (non-hydrogen) atoms. The molecule has 2 nitrogen and oxygen atoms in total. The highest BCUT2D eigenvalue weighted by Gasteiger charge is 2.31. The maximum absolute atomic E-state index is 5.88. The molecule has 96 valence electrons. The Balaban J connectivity index is 2.54. The molecule has 1 aliphatic rings. The molecule has 2 N–H and O–H groups in total. The highest BCUT2D eigenvalue weighted by Crippen LogP contribution is 2.31. The first kappa shape index (κ1) is 14.0. The third kappa shape index (κ3) is 3.46. The summed E-state index contributed by atoms with van der Waals surface area (Å²) in [7, 11) is 2.33. The molecule has 0 aromatic carbocycles. The van der Waals surface area contributed by atoms with Gasteiger partial charge in [-0.2, -0.15) is 0 Å². The van der Waals surface area contributed by atoms with Crippen LogP contribution < -0.4 is 5.73 Å². The lowest BCUT2D eigenvalue weighted by molar-refractivity contribution is 0.127. The number of nitrogens with zero attached hydrogens (tertiary/aromatic N) is 1. The maximum atomic E-state index is 5.88. The summed E-state index contributed by atoms with van der Waals surface area (Å²) in [6, 6.07) is 1.54. The molecule has 0 spiro atoms. The van der Waals surface area contributed by atoms with Gasteiger partial charge in [-0.3, -0.25) is 0 Å². The summed E-state index contributed by atoms with van der Waals surface area (Å²) in [6.07, 6.45) is 9.38. The Morgan fingerprint density at radius 1 is 1.19 bits per heavy atom. The lowest BCUT2D eigenvalue weighted by atomic mass is 9.97. The summed E-state index contributed by atoms with van der Waals surface area (Å²) in [6.45, 7) is 5.47. The van der Waals surface area contributed by atoms with E-state index in [0.29, 0.717) is 0 Å². The van der Waals surface area contributed by atoms with Crippen LogP contribution in [0.3, 0.4) is 0 Å². The zero-order valence-electron chi connectivity index (χ0n) is 11.4. The average Bonchev–Trinajstić information content (AvgIpc) is 2.75. The standard InChI is InChI=1S/C14H30N2/c1-4-7-13(8-5-2)16(3)14-10-6-9-12(14)11-15/h12-14H,4-11,15H2,1-3H3. The lowest BCUT2D eigenvalue weighted by Crippen LogP contribution is -2.43. The second-order valence-corrected chi connectivity index (χ2v) is 5.39. The molecular weight excluding hydrogens is 196 g/mol. The van der Waals surface area contributed by atoms with Crippen LogP contribution in [0.5, 0.6) is 0 Å². The molecule has 0 radical (unpaired) electrons. The fourth-order valence-corrected chi connectivity index (χ4v) is 3.32. The molecular formula is C14H30N2.